The zero-order valence-corrected chi connectivity index (χ0v) is 5.51. The van der Waals surface area contributed by atoms with Crippen molar-refractivity contribution in [1.29, 1.82) is 0 Å². The van der Waals surface area contributed by atoms with Crippen LogP contribution in [0.5, 0.6) is 0 Å². The topological polar surface area (TPSA) is 49.3 Å². The maximum absolute atomic E-state index is 11.9. The number of nitrogens with one attached hydrogen (secondary N) is 1. The molecule has 2 N–H and O–H groups in total. The number of aliphatic carboxylic acids is 1. The molecule has 0 amide bonds. The molecule has 1 aliphatic heterocycles. The van der Waals surface area contributed by atoms with Crippen molar-refractivity contribution in [3.63, 3.8) is 0 Å². The third-order valence-electron chi connectivity index (χ3n) is 1.74. The van der Waals surface area contributed by atoms with E-state index in [1.807, 2.05) is 0 Å². The second-order valence-electron chi connectivity index (χ2n) is 2.56. The Kier molecular flexibility index (Phi) is 2.21. The fourth-order valence-electron chi connectivity index (χ4n) is 1.11. The summed E-state index contributed by atoms with van der Waals surface area (Å²) in [4.78, 5) is 10.3. The Bertz CT molecular complexity index is 140. The SMILES string of the molecule is O=C(O)[C@@H]1CC(CF)CN1. The Morgan fingerprint density at radius 1 is 1.80 bits per heavy atom. The van der Waals surface area contributed by atoms with Crippen molar-refractivity contribution in [1.82, 2.24) is 5.32 Å². The predicted molar refractivity (Wildman–Crippen MR) is 33.5 cm³/mol. The van der Waals surface area contributed by atoms with Crippen LogP contribution in [0.2, 0.25) is 0 Å². The number of hydrogen-bond acceptors (Lipinski definition) is 2. The van der Waals surface area contributed by atoms with E-state index in [9.17, 15) is 9.18 Å². The molecule has 0 aromatic heterocycles. The highest BCUT2D eigenvalue weighted by atomic mass is 19.1. The molecule has 58 valence electrons. The highest BCUT2D eigenvalue weighted by molar-refractivity contribution is 5.73. The first-order chi connectivity index (χ1) is 4.74. The van der Waals surface area contributed by atoms with Gasteiger partial charge in [0.2, 0.25) is 0 Å². The summed E-state index contributed by atoms with van der Waals surface area (Å²) in [7, 11) is 0. The zero-order valence-electron chi connectivity index (χ0n) is 5.51. The van der Waals surface area contributed by atoms with E-state index in [1.165, 1.54) is 0 Å². The molecular formula is C6H10FNO2. The highest BCUT2D eigenvalue weighted by Crippen LogP contribution is 2.13. The van der Waals surface area contributed by atoms with Crippen LogP contribution in [-0.4, -0.2) is 30.3 Å². The number of hydrogen-bond donors (Lipinski definition) is 2. The predicted octanol–water partition coefficient (Wildman–Crippen LogP) is 0.0186. The molecular weight excluding hydrogens is 137 g/mol. The highest BCUT2D eigenvalue weighted by Gasteiger charge is 2.28. The molecule has 0 aromatic rings. The van der Waals surface area contributed by atoms with Crippen molar-refractivity contribution in [2.75, 3.05) is 13.2 Å². The fourth-order valence-corrected chi connectivity index (χ4v) is 1.11. The Labute approximate surface area is 58.2 Å². The number of carboxylic acids is 1. The van der Waals surface area contributed by atoms with E-state index in [0.29, 0.717) is 13.0 Å². The molecule has 0 bridgehead atoms. The van der Waals surface area contributed by atoms with Crippen LogP contribution < -0.4 is 5.32 Å². The zero-order chi connectivity index (χ0) is 7.56. The van der Waals surface area contributed by atoms with Crippen molar-refractivity contribution in [3.8, 4) is 0 Å². The lowest BCUT2D eigenvalue weighted by Gasteiger charge is -2.00. The summed E-state index contributed by atoms with van der Waals surface area (Å²) in [6, 6.07) is -0.527. The lowest BCUT2D eigenvalue weighted by atomic mass is 10.1. The van der Waals surface area contributed by atoms with Crippen LogP contribution in [0.4, 0.5) is 4.39 Å². The van der Waals surface area contributed by atoms with Gasteiger partial charge >= 0.3 is 5.97 Å². The molecule has 2 atom stereocenters. The van der Waals surface area contributed by atoms with Gasteiger partial charge in [0.25, 0.3) is 0 Å². The van der Waals surface area contributed by atoms with Crippen molar-refractivity contribution in [2.45, 2.75) is 12.5 Å². The van der Waals surface area contributed by atoms with Gasteiger partial charge in [-0.25, -0.2) is 0 Å². The smallest absolute Gasteiger partial charge is 0.320 e. The lowest BCUT2D eigenvalue weighted by Crippen LogP contribution is -2.29. The summed E-state index contributed by atoms with van der Waals surface area (Å²) in [5.41, 5.74) is 0. The summed E-state index contributed by atoms with van der Waals surface area (Å²) < 4.78 is 11.9. The molecule has 0 aromatic carbocycles. The first-order valence-electron chi connectivity index (χ1n) is 3.26. The Morgan fingerprint density at radius 3 is 2.80 bits per heavy atom. The standard InChI is InChI=1S/C6H10FNO2/c7-2-4-1-5(6(9)10)8-3-4/h4-5,8H,1-3H2,(H,9,10)/t4?,5-/m0/s1. The molecule has 4 heteroatoms. The number of rotatable bonds is 2. The van der Waals surface area contributed by atoms with Crippen molar-refractivity contribution >= 4 is 5.97 Å². The Morgan fingerprint density at radius 2 is 2.50 bits per heavy atom. The van der Waals surface area contributed by atoms with Gasteiger partial charge in [0, 0.05) is 12.5 Å². The second-order valence-corrected chi connectivity index (χ2v) is 2.56. The second kappa shape index (κ2) is 2.96. The van der Waals surface area contributed by atoms with Crippen LogP contribution in [0.3, 0.4) is 0 Å². The first kappa shape index (κ1) is 7.47. The van der Waals surface area contributed by atoms with E-state index in [1.54, 1.807) is 0 Å². The third kappa shape index (κ3) is 1.44. The van der Waals surface area contributed by atoms with Gasteiger partial charge in [0.15, 0.2) is 0 Å². The largest absolute Gasteiger partial charge is 0.480 e. The van der Waals surface area contributed by atoms with Gasteiger partial charge in [-0.1, -0.05) is 0 Å². The molecule has 0 radical (unpaired) electrons. The van der Waals surface area contributed by atoms with E-state index < -0.39 is 18.7 Å². The molecule has 1 rings (SSSR count). The van der Waals surface area contributed by atoms with Gasteiger partial charge in [-0.3, -0.25) is 9.18 Å². The third-order valence-corrected chi connectivity index (χ3v) is 1.74. The number of alkyl halides is 1. The van der Waals surface area contributed by atoms with E-state index in [4.69, 9.17) is 5.11 Å². The van der Waals surface area contributed by atoms with Crippen LogP contribution in [0.15, 0.2) is 0 Å². The van der Waals surface area contributed by atoms with E-state index >= 15 is 0 Å². The summed E-state index contributed by atoms with van der Waals surface area (Å²) >= 11 is 0. The molecule has 1 unspecified atom stereocenters. The van der Waals surface area contributed by atoms with Crippen LogP contribution in [0.1, 0.15) is 6.42 Å². The first-order valence-corrected chi connectivity index (χ1v) is 3.26. The van der Waals surface area contributed by atoms with E-state index in [-0.39, 0.29) is 5.92 Å². The summed E-state index contributed by atoms with van der Waals surface area (Å²) in [5, 5.41) is 11.2. The van der Waals surface area contributed by atoms with E-state index in [2.05, 4.69) is 5.32 Å². The fraction of sp³-hybridized carbons (Fsp3) is 0.833. The quantitative estimate of drug-likeness (QED) is 0.578. The number of carbonyl (C=O) groups is 1. The van der Waals surface area contributed by atoms with Gasteiger partial charge < -0.3 is 10.4 Å². The minimum Gasteiger partial charge on any atom is -0.480 e. The molecule has 0 spiro atoms. The Balaban J connectivity index is 2.35. The average molecular weight is 147 g/mol. The van der Waals surface area contributed by atoms with Crippen LogP contribution >= 0.6 is 0 Å². The summed E-state index contributed by atoms with van der Waals surface area (Å²) in [5.74, 6) is -0.975. The molecule has 1 saturated heterocycles. The molecule has 1 aliphatic rings. The van der Waals surface area contributed by atoms with Gasteiger partial charge in [-0.15, -0.1) is 0 Å². The number of halogens is 1. The van der Waals surface area contributed by atoms with Crippen molar-refractivity contribution < 1.29 is 14.3 Å². The molecule has 3 nitrogen and oxygen atoms in total. The van der Waals surface area contributed by atoms with Crippen LogP contribution in [0, 0.1) is 5.92 Å². The maximum atomic E-state index is 11.9. The lowest BCUT2D eigenvalue weighted by molar-refractivity contribution is -0.139. The normalized spacial score (nSPS) is 32.5. The van der Waals surface area contributed by atoms with Crippen molar-refractivity contribution in [2.24, 2.45) is 5.92 Å². The van der Waals surface area contributed by atoms with Gasteiger partial charge in [-0.2, -0.15) is 0 Å². The van der Waals surface area contributed by atoms with Crippen LogP contribution in [0.25, 0.3) is 0 Å². The minimum absolute atomic E-state index is 0.0962. The average Bonchev–Trinajstić information content (AvgIpc) is 2.34. The molecule has 0 aliphatic carbocycles. The molecule has 1 heterocycles. The van der Waals surface area contributed by atoms with Gasteiger partial charge in [0.1, 0.15) is 6.04 Å². The van der Waals surface area contributed by atoms with Crippen molar-refractivity contribution in [3.05, 3.63) is 0 Å². The maximum Gasteiger partial charge on any atom is 0.320 e. The van der Waals surface area contributed by atoms with E-state index in [0.717, 1.165) is 0 Å². The van der Waals surface area contributed by atoms with Gasteiger partial charge in [-0.05, 0) is 6.42 Å². The summed E-state index contributed by atoms with van der Waals surface area (Å²) in [6.07, 6.45) is 0.422. The van der Waals surface area contributed by atoms with Crippen LogP contribution in [-0.2, 0) is 4.79 Å². The van der Waals surface area contributed by atoms with Gasteiger partial charge in [0.05, 0.1) is 6.67 Å². The number of carboxylic acid groups (broad SMARTS) is 1. The summed E-state index contributed by atoms with van der Waals surface area (Å²) in [6.45, 7) is 0.0737. The molecule has 1 fully saturated rings. The monoisotopic (exact) mass is 147 g/mol. The molecule has 10 heavy (non-hydrogen) atoms. The molecule has 0 saturated carbocycles. The minimum atomic E-state index is -0.879. The Hall–Kier alpha value is -0.640.